The fourth-order valence-corrected chi connectivity index (χ4v) is 1.36. The average molecular weight is 267 g/mol. The summed E-state index contributed by atoms with van der Waals surface area (Å²) in [6, 6.07) is 3.77. The Morgan fingerprint density at radius 2 is 2.00 bits per heavy atom. The van der Waals surface area contributed by atoms with Gasteiger partial charge >= 0.3 is 0 Å². The molecule has 0 spiro atoms. The van der Waals surface area contributed by atoms with Crippen molar-refractivity contribution in [3.05, 3.63) is 29.6 Å². The molecule has 0 saturated carbocycles. The molecule has 1 aromatic rings. The van der Waals surface area contributed by atoms with Crippen LogP contribution in [0.2, 0.25) is 0 Å². The number of nitrogens with one attached hydrogen (secondary N) is 2. The quantitative estimate of drug-likeness (QED) is 0.767. The van der Waals surface area contributed by atoms with Crippen molar-refractivity contribution in [2.45, 2.75) is 26.3 Å². The number of anilines is 1. The lowest BCUT2D eigenvalue weighted by Crippen LogP contribution is -2.45. The number of carbonyl (C=O) groups is 2. The molecule has 0 saturated heterocycles. The van der Waals surface area contributed by atoms with E-state index in [4.69, 9.17) is 5.73 Å². The lowest BCUT2D eigenvalue weighted by molar-refractivity contribution is -0.114. The Bertz CT molecular complexity index is 495. The molecular weight excluding hydrogens is 249 g/mol. The molecule has 0 fully saturated rings. The summed E-state index contributed by atoms with van der Waals surface area (Å²) in [6.45, 7) is 5.11. The highest BCUT2D eigenvalue weighted by Crippen LogP contribution is 2.16. The van der Waals surface area contributed by atoms with Crippen LogP contribution in [0.3, 0.4) is 0 Å². The van der Waals surface area contributed by atoms with Gasteiger partial charge in [-0.3, -0.25) is 9.59 Å². The van der Waals surface area contributed by atoms with Crippen LogP contribution < -0.4 is 16.4 Å². The lowest BCUT2D eigenvalue weighted by atomic mass is 10.1. The zero-order valence-electron chi connectivity index (χ0n) is 11.2. The molecule has 0 bridgehead atoms. The predicted octanol–water partition coefficient (Wildman–Crippen LogP) is 1.25. The fourth-order valence-electron chi connectivity index (χ4n) is 1.36. The van der Waals surface area contributed by atoms with Gasteiger partial charge in [0.1, 0.15) is 5.82 Å². The second-order valence-corrected chi connectivity index (χ2v) is 5.05. The van der Waals surface area contributed by atoms with E-state index in [1.54, 1.807) is 13.8 Å². The second kappa shape index (κ2) is 5.79. The summed E-state index contributed by atoms with van der Waals surface area (Å²) >= 11 is 0. The minimum Gasteiger partial charge on any atom is -0.350 e. The number of hydrogen-bond donors (Lipinski definition) is 3. The summed E-state index contributed by atoms with van der Waals surface area (Å²) < 4.78 is 13.4. The SMILES string of the molecule is CC(=O)Nc1cc(C(=O)NCC(C)(C)N)ccc1F. The van der Waals surface area contributed by atoms with Crippen molar-refractivity contribution in [3.8, 4) is 0 Å². The van der Waals surface area contributed by atoms with Gasteiger partial charge in [0.15, 0.2) is 0 Å². The van der Waals surface area contributed by atoms with E-state index in [-0.39, 0.29) is 17.2 Å². The van der Waals surface area contributed by atoms with E-state index in [0.29, 0.717) is 6.54 Å². The molecule has 0 atom stereocenters. The van der Waals surface area contributed by atoms with Gasteiger partial charge in [-0.2, -0.15) is 0 Å². The van der Waals surface area contributed by atoms with Crippen molar-refractivity contribution in [1.82, 2.24) is 5.32 Å². The van der Waals surface area contributed by atoms with Crippen molar-refractivity contribution < 1.29 is 14.0 Å². The van der Waals surface area contributed by atoms with Gasteiger partial charge in [0.2, 0.25) is 5.91 Å². The van der Waals surface area contributed by atoms with Gasteiger partial charge in [-0.15, -0.1) is 0 Å². The highest BCUT2D eigenvalue weighted by molar-refractivity contribution is 5.96. The van der Waals surface area contributed by atoms with E-state index in [2.05, 4.69) is 10.6 Å². The highest BCUT2D eigenvalue weighted by atomic mass is 19.1. The highest BCUT2D eigenvalue weighted by Gasteiger charge is 2.14. The maximum absolute atomic E-state index is 13.4. The Labute approximate surface area is 111 Å². The van der Waals surface area contributed by atoms with Crippen molar-refractivity contribution in [1.29, 1.82) is 0 Å². The Kier molecular flexibility index (Phi) is 4.61. The van der Waals surface area contributed by atoms with Crippen molar-refractivity contribution in [2.24, 2.45) is 5.73 Å². The summed E-state index contributed by atoms with van der Waals surface area (Å²) in [7, 11) is 0. The van der Waals surface area contributed by atoms with Crippen LogP contribution in [0.25, 0.3) is 0 Å². The Balaban J connectivity index is 2.83. The van der Waals surface area contributed by atoms with Crippen LogP contribution in [0.4, 0.5) is 10.1 Å². The molecule has 6 heteroatoms. The number of amides is 2. The molecule has 5 nitrogen and oxygen atoms in total. The number of benzene rings is 1. The van der Waals surface area contributed by atoms with Crippen molar-refractivity contribution in [3.63, 3.8) is 0 Å². The van der Waals surface area contributed by atoms with Gasteiger partial charge in [0, 0.05) is 24.6 Å². The molecular formula is C13H18FN3O2. The molecule has 0 aliphatic rings. The van der Waals surface area contributed by atoms with Gasteiger partial charge in [0.25, 0.3) is 5.91 Å². The number of halogens is 1. The minimum absolute atomic E-state index is 0.0211. The zero-order valence-corrected chi connectivity index (χ0v) is 11.2. The standard InChI is InChI=1S/C13H18FN3O2/c1-8(18)17-11-6-9(4-5-10(11)14)12(19)16-7-13(2,3)15/h4-6H,7,15H2,1-3H3,(H,16,19)(H,17,18). The molecule has 0 unspecified atom stereocenters. The van der Waals surface area contributed by atoms with Gasteiger partial charge < -0.3 is 16.4 Å². The smallest absolute Gasteiger partial charge is 0.251 e. The monoisotopic (exact) mass is 267 g/mol. The number of hydrogen-bond acceptors (Lipinski definition) is 3. The Morgan fingerprint density at radius 1 is 1.37 bits per heavy atom. The second-order valence-electron chi connectivity index (χ2n) is 5.05. The summed E-state index contributed by atoms with van der Waals surface area (Å²) in [5.74, 6) is -1.37. The first-order valence-electron chi connectivity index (χ1n) is 5.83. The summed E-state index contributed by atoms with van der Waals surface area (Å²) in [5.41, 5.74) is 5.46. The Morgan fingerprint density at radius 3 is 2.53 bits per heavy atom. The molecule has 0 aliphatic heterocycles. The molecule has 0 aliphatic carbocycles. The summed E-state index contributed by atoms with van der Waals surface area (Å²) in [5, 5.41) is 4.96. The van der Waals surface area contributed by atoms with Crippen molar-refractivity contribution in [2.75, 3.05) is 11.9 Å². The summed E-state index contributed by atoms with van der Waals surface area (Å²) in [6.07, 6.45) is 0. The minimum atomic E-state index is -0.592. The maximum Gasteiger partial charge on any atom is 0.251 e. The van der Waals surface area contributed by atoms with Crippen molar-refractivity contribution >= 4 is 17.5 Å². The van der Waals surface area contributed by atoms with Crippen LogP contribution in [0.15, 0.2) is 18.2 Å². The molecule has 1 rings (SSSR count). The molecule has 1 aromatic carbocycles. The summed E-state index contributed by atoms with van der Waals surface area (Å²) in [4.78, 5) is 22.7. The van der Waals surface area contributed by atoms with Crippen LogP contribution in [0, 0.1) is 5.82 Å². The van der Waals surface area contributed by atoms with Gasteiger partial charge in [-0.05, 0) is 32.0 Å². The third-order valence-electron chi connectivity index (χ3n) is 2.24. The van der Waals surface area contributed by atoms with Gasteiger partial charge in [0.05, 0.1) is 5.69 Å². The van der Waals surface area contributed by atoms with E-state index in [1.165, 1.54) is 19.1 Å². The number of nitrogens with two attached hydrogens (primary N) is 1. The lowest BCUT2D eigenvalue weighted by Gasteiger charge is -2.19. The molecule has 19 heavy (non-hydrogen) atoms. The molecule has 4 N–H and O–H groups in total. The van der Waals surface area contributed by atoms with E-state index in [1.807, 2.05) is 0 Å². The maximum atomic E-state index is 13.4. The number of carbonyl (C=O) groups excluding carboxylic acids is 2. The number of rotatable bonds is 4. The first kappa shape index (κ1) is 15.1. The molecule has 0 aromatic heterocycles. The van der Waals surface area contributed by atoms with Crippen LogP contribution in [-0.4, -0.2) is 23.9 Å². The topological polar surface area (TPSA) is 84.2 Å². The van der Waals surface area contributed by atoms with E-state index < -0.39 is 17.3 Å². The zero-order chi connectivity index (χ0) is 14.6. The average Bonchev–Trinajstić information content (AvgIpc) is 2.27. The molecule has 104 valence electrons. The van der Waals surface area contributed by atoms with E-state index in [9.17, 15) is 14.0 Å². The van der Waals surface area contributed by atoms with Crippen LogP contribution in [-0.2, 0) is 4.79 Å². The molecule has 2 amide bonds. The fraction of sp³-hybridized carbons (Fsp3) is 0.385. The van der Waals surface area contributed by atoms with E-state index >= 15 is 0 Å². The normalized spacial score (nSPS) is 11.0. The van der Waals surface area contributed by atoms with Crippen LogP contribution in [0.5, 0.6) is 0 Å². The van der Waals surface area contributed by atoms with Crippen LogP contribution in [0.1, 0.15) is 31.1 Å². The molecule has 0 radical (unpaired) electrons. The van der Waals surface area contributed by atoms with Gasteiger partial charge in [-0.1, -0.05) is 0 Å². The third kappa shape index (κ3) is 5.05. The first-order chi connectivity index (χ1) is 8.69. The van der Waals surface area contributed by atoms with Gasteiger partial charge in [-0.25, -0.2) is 4.39 Å². The predicted molar refractivity (Wildman–Crippen MR) is 71.3 cm³/mol. The largest absolute Gasteiger partial charge is 0.350 e. The Hall–Kier alpha value is -1.95. The first-order valence-corrected chi connectivity index (χ1v) is 5.83. The van der Waals surface area contributed by atoms with E-state index in [0.717, 1.165) is 6.07 Å². The van der Waals surface area contributed by atoms with Crippen LogP contribution >= 0.6 is 0 Å². The third-order valence-corrected chi connectivity index (χ3v) is 2.24. The molecule has 0 heterocycles.